The first-order valence-electron chi connectivity index (χ1n) is 7.83. The van der Waals surface area contributed by atoms with Gasteiger partial charge in [-0.05, 0) is 42.3 Å². The number of thiazole rings is 1. The highest BCUT2D eigenvalue weighted by molar-refractivity contribution is 7.22. The van der Waals surface area contributed by atoms with Gasteiger partial charge in [0.05, 0.1) is 21.7 Å². The Morgan fingerprint density at radius 2 is 2.12 bits per heavy atom. The van der Waals surface area contributed by atoms with Gasteiger partial charge >= 0.3 is 0 Å². The van der Waals surface area contributed by atoms with Gasteiger partial charge in [-0.2, -0.15) is 0 Å². The first kappa shape index (κ1) is 16.2. The third-order valence-electron chi connectivity index (χ3n) is 3.81. The van der Waals surface area contributed by atoms with Crippen LogP contribution in [0.3, 0.4) is 0 Å². The predicted octanol–water partition coefficient (Wildman–Crippen LogP) is 4.21. The number of anilines is 1. The van der Waals surface area contributed by atoms with Gasteiger partial charge in [0.1, 0.15) is 13.2 Å². The Kier molecular flexibility index (Phi) is 4.23. The Bertz CT molecular complexity index is 970. The summed E-state index contributed by atoms with van der Waals surface area (Å²) in [6.07, 6.45) is 0.186. The second-order valence-corrected chi connectivity index (χ2v) is 7.25. The lowest BCUT2D eigenvalue weighted by Crippen LogP contribution is -2.17. The lowest BCUT2D eigenvalue weighted by atomic mass is 10.1. The molecule has 1 aliphatic rings. The van der Waals surface area contributed by atoms with E-state index < -0.39 is 0 Å². The van der Waals surface area contributed by atoms with Crippen LogP contribution in [0.15, 0.2) is 30.3 Å². The normalized spacial score (nSPS) is 13.0. The molecule has 0 spiro atoms. The lowest BCUT2D eigenvalue weighted by molar-refractivity contribution is -0.115. The zero-order chi connectivity index (χ0) is 17.4. The smallest absolute Gasteiger partial charge is 0.230 e. The number of aryl methyl sites for hydroxylation is 1. The molecule has 7 heteroatoms. The first-order chi connectivity index (χ1) is 12.1. The van der Waals surface area contributed by atoms with Crippen molar-refractivity contribution in [3.05, 3.63) is 46.5 Å². The highest BCUT2D eigenvalue weighted by Crippen LogP contribution is 2.38. The van der Waals surface area contributed by atoms with Crippen LogP contribution in [-0.4, -0.2) is 24.1 Å². The standard InChI is InChI=1S/C18H15ClN2O3S/c1-10-2-3-13-15(6-10)25-18(20-13)21-16(22)9-11-7-12(19)17-14(8-11)23-4-5-24-17/h2-3,6-8H,4-5,9H2,1H3,(H,20,21,22). The largest absolute Gasteiger partial charge is 0.486 e. The Morgan fingerprint density at radius 3 is 3.00 bits per heavy atom. The molecule has 0 saturated carbocycles. The molecule has 4 rings (SSSR count). The molecule has 128 valence electrons. The summed E-state index contributed by atoms with van der Waals surface area (Å²) in [5.74, 6) is 0.971. The molecule has 0 aliphatic carbocycles. The minimum Gasteiger partial charge on any atom is -0.486 e. The fraction of sp³-hybridized carbons (Fsp3) is 0.222. The minimum absolute atomic E-state index is 0.150. The van der Waals surface area contributed by atoms with E-state index in [0.29, 0.717) is 34.9 Å². The van der Waals surface area contributed by atoms with Crippen LogP contribution in [0.4, 0.5) is 5.13 Å². The van der Waals surface area contributed by atoms with Crippen molar-refractivity contribution in [2.45, 2.75) is 13.3 Å². The molecule has 1 aromatic heterocycles. The molecular weight excluding hydrogens is 360 g/mol. The van der Waals surface area contributed by atoms with Crippen LogP contribution in [0.5, 0.6) is 11.5 Å². The fourth-order valence-corrected chi connectivity index (χ4v) is 3.97. The third kappa shape index (κ3) is 3.41. The Hall–Kier alpha value is -2.31. The van der Waals surface area contributed by atoms with Crippen LogP contribution >= 0.6 is 22.9 Å². The van der Waals surface area contributed by atoms with Gasteiger partial charge in [0.15, 0.2) is 16.6 Å². The van der Waals surface area contributed by atoms with Gasteiger partial charge in [0.2, 0.25) is 5.91 Å². The molecule has 5 nitrogen and oxygen atoms in total. The van der Waals surface area contributed by atoms with Crippen molar-refractivity contribution >= 4 is 44.2 Å². The third-order valence-corrected chi connectivity index (χ3v) is 5.03. The summed E-state index contributed by atoms with van der Waals surface area (Å²) >= 11 is 7.67. The van der Waals surface area contributed by atoms with Crippen LogP contribution < -0.4 is 14.8 Å². The number of carbonyl (C=O) groups is 1. The van der Waals surface area contributed by atoms with Crippen molar-refractivity contribution in [2.75, 3.05) is 18.5 Å². The van der Waals surface area contributed by atoms with Gasteiger partial charge in [-0.15, -0.1) is 0 Å². The summed E-state index contributed by atoms with van der Waals surface area (Å²) in [5, 5.41) is 3.90. The monoisotopic (exact) mass is 374 g/mol. The Labute approximate surface area is 153 Å². The quantitative estimate of drug-likeness (QED) is 0.746. The lowest BCUT2D eigenvalue weighted by Gasteiger charge is -2.20. The van der Waals surface area contributed by atoms with E-state index in [1.165, 1.54) is 16.9 Å². The van der Waals surface area contributed by atoms with Crippen molar-refractivity contribution in [3.63, 3.8) is 0 Å². The number of rotatable bonds is 3. The minimum atomic E-state index is -0.150. The number of hydrogen-bond acceptors (Lipinski definition) is 5. The number of halogens is 1. The predicted molar refractivity (Wildman–Crippen MR) is 99.1 cm³/mol. The molecule has 25 heavy (non-hydrogen) atoms. The van der Waals surface area contributed by atoms with E-state index in [9.17, 15) is 4.79 Å². The zero-order valence-electron chi connectivity index (χ0n) is 13.5. The fourth-order valence-electron chi connectivity index (χ4n) is 2.70. The average Bonchev–Trinajstić information content (AvgIpc) is 2.96. The summed E-state index contributed by atoms with van der Waals surface area (Å²) < 4.78 is 12.1. The number of nitrogens with one attached hydrogen (secondary N) is 1. The number of amides is 1. The van der Waals surface area contributed by atoms with Crippen molar-refractivity contribution in [1.29, 1.82) is 0 Å². The summed E-state index contributed by atoms with van der Waals surface area (Å²) in [6, 6.07) is 9.55. The molecule has 1 aliphatic heterocycles. The van der Waals surface area contributed by atoms with Crippen LogP contribution in [-0.2, 0) is 11.2 Å². The maximum Gasteiger partial charge on any atom is 0.230 e. The van der Waals surface area contributed by atoms with E-state index in [4.69, 9.17) is 21.1 Å². The second-order valence-electron chi connectivity index (χ2n) is 5.82. The van der Waals surface area contributed by atoms with Crippen molar-refractivity contribution in [3.8, 4) is 11.5 Å². The molecule has 0 fully saturated rings. The number of nitrogens with zero attached hydrogens (tertiary/aromatic N) is 1. The molecule has 1 N–H and O–H groups in total. The number of hydrogen-bond donors (Lipinski definition) is 1. The molecule has 1 amide bonds. The van der Waals surface area contributed by atoms with E-state index in [1.807, 2.05) is 19.1 Å². The average molecular weight is 375 g/mol. The number of ether oxygens (including phenoxy) is 2. The van der Waals surface area contributed by atoms with E-state index in [1.54, 1.807) is 12.1 Å². The molecule has 0 atom stereocenters. The molecule has 0 bridgehead atoms. The van der Waals surface area contributed by atoms with Crippen molar-refractivity contribution in [1.82, 2.24) is 4.98 Å². The Balaban J connectivity index is 1.50. The first-order valence-corrected chi connectivity index (χ1v) is 9.03. The number of benzene rings is 2. The maximum atomic E-state index is 12.3. The highest BCUT2D eigenvalue weighted by atomic mass is 35.5. The topological polar surface area (TPSA) is 60.5 Å². The maximum absolute atomic E-state index is 12.3. The van der Waals surface area contributed by atoms with E-state index >= 15 is 0 Å². The van der Waals surface area contributed by atoms with Gasteiger partial charge in [-0.25, -0.2) is 4.98 Å². The van der Waals surface area contributed by atoms with Crippen molar-refractivity contribution in [2.24, 2.45) is 0 Å². The summed E-state index contributed by atoms with van der Waals surface area (Å²) in [6.45, 7) is 2.98. The number of aromatic nitrogens is 1. The molecule has 0 radical (unpaired) electrons. The molecule has 0 unspecified atom stereocenters. The zero-order valence-corrected chi connectivity index (χ0v) is 15.0. The van der Waals surface area contributed by atoms with Gasteiger partial charge < -0.3 is 14.8 Å². The van der Waals surface area contributed by atoms with Crippen molar-refractivity contribution < 1.29 is 14.3 Å². The van der Waals surface area contributed by atoms with Gasteiger partial charge in [-0.3, -0.25) is 4.79 Å². The molecule has 0 saturated heterocycles. The second kappa shape index (κ2) is 6.54. The SMILES string of the molecule is Cc1ccc2nc(NC(=O)Cc3cc(Cl)c4c(c3)OCCO4)sc2c1. The molecule has 3 aromatic rings. The molecular formula is C18H15ClN2O3S. The summed E-state index contributed by atoms with van der Waals surface area (Å²) in [7, 11) is 0. The van der Waals surface area contributed by atoms with E-state index in [-0.39, 0.29) is 12.3 Å². The summed E-state index contributed by atoms with van der Waals surface area (Å²) in [4.78, 5) is 16.8. The van der Waals surface area contributed by atoms with E-state index in [2.05, 4.69) is 16.4 Å². The number of fused-ring (bicyclic) bond motifs is 2. The highest BCUT2D eigenvalue weighted by Gasteiger charge is 2.18. The van der Waals surface area contributed by atoms with Gasteiger partial charge in [0.25, 0.3) is 0 Å². The number of carbonyl (C=O) groups excluding carboxylic acids is 1. The van der Waals surface area contributed by atoms with Crippen LogP contribution in [0.2, 0.25) is 5.02 Å². The van der Waals surface area contributed by atoms with Crippen LogP contribution in [0, 0.1) is 6.92 Å². The van der Waals surface area contributed by atoms with Gasteiger partial charge in [0, 0.05) is 0 Å². The molecule has 2 aromatic carbocycles. The molecule has 2 heterocycles. The summed E-state index contributed by atoms with van der Waals surface area (Å²) in [5.41, 5.74) is 2.82. The van der Waals surface area contributed by atoms with Crippen LogP contribution in [0.25, 0.3) is 10.2 Å². The van der Waals surface area contributed by atoms with Crippen LogP contribution in [0.1, 0.15) is 11.1 Å². The van der Waals surface area contributed by atoms with Gasteiger partial charge in [-0.1, -0.05) is 29.0 Å². The van der Waals surface area contributed by atoms with E-state index in [0.717, 1.165) is 15.8 Å². The Morgan fingerprint density at radius 1 is 1.28 bits per heavy atom.